The number of aryl methyl sites for hydroxylation is 3. The number of nitrogens with one attached hydrogen (secondary N) is 2. The van der Waals surface area contributed by atoms with Gasteiger partial charge in [0, 0.05) is 22.0 Å². The molecule has 1 unspecified atom stereocenters. The van der Waals surface area contributed by atoms with E-state index in [-0.39, 0.29) is 5.04 Å². The number of hydrogen-bond acceptors (Lipinski definition) is 5. The number of hydrogen-bond donors (Lipinski definition) is 3. The zero-order chi connectivity index (χ0) is 24.7. The highest BCUT2D eigenvalue weighted by Gasteiger charge is 2.40. The Morgan fingerprint density at radius 3 is 2.06 bits per heavy atom. The van der Waals surface area contributed by atoms with E-state index in [9.17, 15) is 14.1 Å². The number of amides is 2. The lowest BCUT2D eigenvalue weighted by Gasteiger charge is -2.37. The van der Waals surface area contributed by atoms with Crippen molar-refractivity contribution < 1.29 is 14.1 Å². The Bertz CT molecular complexity index is 1110. The van der Waals surface area contributed by atoms with Crippen LogP contribution in [0.5, 0.6) is 0 Å². The molecule has 0 bridgehead atoms. The molecule has 0 fully saturated rings. The van der Waals surface area contributed by atoms with Gasteiger partial charge in [0.15, 0.2) is 0 Å². The Kier molecular flexibility index (Phi) is 7.48. The molecule has 0 aliphatic rings. The average Bonchev–Trinajstić information content (AvgIpc) is 2.94. The van der Waals surface area contributed by atoms with Crippen LogP contribution in [-0.2, 0) is 15.5 Å². The zero-order valence-electron chi connectivity index (χ0n) is 20.7. The van der Waals surface area contributed by atoms with Gasteiger partial charge in [0.1, 0.15) is 22.4 Å². The van der Waals surface area contributed by atoms with Crippen LogP contribution < -0.4 is 9.70 Å². The number of aliphatic hydroxyl groups is 1. The fraction of sp³-hybridized carbons (Fsp3) is 0.545. The molecule has 10 heteroatoms. The van der Waals surface area contributed by atoms with E-state index in [1.54, 1.807) is 26.0 Å². The fourth-order valence-electron chi connectivity index (χ4n) is 2.82. The maximum absolute atomic E-state index is 14.4. The maximum Gasteiger partial charge on any atom is 0.354 e. The molecule has 0 saturated heterocycles. The predicted molar refractivity (Wildman–Crippen MR) is 136 cm³/mol. The van der Waals surface area contributed by atoms with Crippen molar-refractivity contribution in [3.05, 3.63) is 40.0 Å². The maximum atomic E-state index is 14.4. The van der Waals surface area contributed by atoms with Gasteiger partial charge in [-0.3, -0.25) is 4.98 Å². The van der Waals surface area contributed by atoms with Gasteiger partial charge in [0.25, 0.3) is 0 Å². The lowest BCUT2D eigenvalue weighted by molar-refractivity contribution is 0.0825. The van der Waals surface area contributed by atoms with E-state index < -0.39 is 29.8 Å². The van der Waals surface area contributed by atoms with Gasteiger partial charge in [-0.2, -0.15) is 0 Å². The van der Waals surface area contributed by atoms with Gasteiger partial charge < -0.3 is 10.4 Å². The number of pyridine rings is 1. The number of aromatic nitrogens is 1. The minimum absolute atomic E-state index is 0.134. The summed E-state index contributed by atoms with van der Waals surface area (Å²) in [4.78, 5) is 17.9. The molecular weight excluding hydrogens is 460 g/mol. The molecule has 0 radical (unpaired) electrons. The van der Waals surface area contributed by atoms with E-state index in [1.165, 1.54) is 11.3 Å². The normalized spacial score (nSPS) is 14.7. The first kappa shape index (κ1) is 26.7. The lowest BCUT2D eigenvalue weighted by Crippen LogP contribution is -2.54. The highest BCUT2D eigenvalue weighted by atomic mass is 32.2. The summed E-state index contributed by atoms with van der Waals surface area (Å²) in [5, 5.41) is 13.1. The standard InChI is InChI=1S/C22H36N4O3S2Si/c1-14-11-18(22(7,8)28)30-19(14)31(29,26-32(9,10)21(4,5)6)25-20(27)24-17-12-15(2)23-16(3)13-17/h11-13,28H,1-10H3,(H2,23,24,25,26,27,29). The Morgan fingerprint density at radius 2 is 1.62 bits per heavy atom. The van der Waals surface area contributed by atoms with Crippen molar-refractivity contribution in [2.24, 2.45) is 4.36 Å². The largest absolute Gasteiger partial charge is 0.385 e. The first-order chi connectivity index (χ1) is 14.3. The molecule has 0 saturated carbocycles. The Morgan fingerprint density at radius 1 is 1.09 bits per heavy atom. The molecule has 0 spiro atoms. The number of nitrogens with zero attached hydrogens (tertiary/aromatic N) is 2. The molecule has 32 heavy (non-hydrogen) atoms. The van der Waals surface area contributed by atoms with Gasteiger partial charge >= 0.3 is 6.03 Å². The molecule has 0 aliphatic carbocycles. The smallest absolute Gasteiger partial charge is 0.354 e. The van der Waals surface area contributed by atoms with E-state index >= 15 is 0 Å². The second-order valence-electron chi connectivity index (χ2n) is 10.3. The molecule has 7 nitrogen and oxygen atoms in total. The summed E-state index contributed by atoms with van der Waals surface area (Å²) in [5.74, 6) is 0. The van der Waals surface area contributed by atoms with Gasteiger partial charge in [-0.25, -0.2) is 13.4 Å². The molecule has 2 amide bonds. The summed E-state index contributed by atoms with van der Waals surface area (Å²) in [5.41, 5.74) is 1.74. The van der Waals surface area contributed by atoms with Crippen LogP contribution >= 0.6 is 11.3 Å². The van der Waals surface area contributed by atoms with Crippen LogP contribution in [0.15, 0.2) is 26.8 Å². The zero-order valence-corrected chi connectivity index (χ0v) is 23.3. The van der Waals surface area contributed by atoms with Gasteiger partial charge in [-0.1, -0.05) is 33.9 Å². The summed E-state index contributed by atoms with van der Waals surface area (Å²) in [7, 11) is -5.63. The molecule has 0 aromatic carbocycles. The van der Waals surface area contributed by atoms with Crippen LogP contribution in [0.2, 0.25) is 18.1 Å². The average molecular weight is 497 g/mol. The van der Waals surface area contributed by atoms with E-state index in [2.05, 4.69) is 52.9 Å². The first-order valence-electron chi connectivity index (χ1n) is 10.5. The fourth-order valence-corrected chi connectivity index (χ4v) is 10.3. The van der Waals surface area contributed by atoms with Crippen molar-refractivity contribution in [2.75, 3.05) is 5.32 Å². The summed E-state index contributed by atoms with van der Waals surface area (Å²) in [6.45, 7) is 19.3. The van der Waals surface area contributed by atoms with Gasteiger partial charge in [0.2, 0.25) is 0 Å². The van der Waals surface area contributed by atoms with E-state index in [1.807, 2.05) is 26.8 Å². The quantitative estimate of drug-likeness (QED) is 0.451. The SMILES string of the molecule is Cc1cc(NC(=O)N=S(=O)(N[Si](C)(C)C(C)(C)C)c2sc(C(C)(C)O)cc2C)cc(C)n1. The third kappa shape index (κ3) is 6.25. The highest BCUT2D eigenvalue weighted by Crippen LogP contribution is 2.38. The predicted octanol–water partition coefficient (Wildman–Crippen LogP) is 5.86. The topological polar surface area (TPSA) is 104 Å². The highest BCUT2D eigenvalue weighted by molar-refractivity contribution is 7.95. The molecule has 2 aromatic heterocycles. The number of rotatable bonds is 5. The minimum Gasteiger partial charge on any atom is -0.385 e. The summed E-state index contributed by atoms with van der Waals surface area (Å²) in [6.07, 6.45) is 0. The third-order valence-corrected chi connectivity index (χ3v) is 16.0. The Balaban J connectivity index is 2.62. The lowest BCUT2D eigenvalue weighted by atomic mass is 10.1. The van der Waals surface area contributed by atoms with Crippen molar-refractivity contribution in [1.82, 2.24) is 9.37 Å². The Hall–Kier alpha value is -1.59. The van der Waals surface area contributed by atoms with Crippen molar-refractivity contribution in [2.45, 2.75) is 83.3 Å². The molecular formula is C22H36N4O3S2Si. The van der Waals surface area contributed by atoms with Crippen molar-refractivity contribution >= 4 is 41.2 Å². The van der Waals surface area contributed by atoms with Crippen LogP contribution in [0, 0.1) is 20.8 Å². The Labute approximate surface area is 197 Å². The molecule has 1 atom stereocenters. The molecule has 2 heterocycles. The van der Waals surface area contributed by atoms with Gasteiger partial charge in [0.05, 0.1) is 5.60 Å². The molecule has 2 aromatic rings. The molecule has 0 aliphatic heterocycles. The number of carbonyl (C=O) groups is 1. The minimum atomic E-state index is -3.30. The number of urea groups is 1. The first-order valence-corrected chi connectivity index (χ1v) is 15.8. The van der Waals surface area contributed by atoms with E-state index in [0.717, 1.165) is 17.0 Å². The van der Waals surface area contributed by atoms with E-state index in [4.69, 9.17) is 0 Å². The van der Waals surface area contributed by atoms with Crippen LogP contribution in [0.1, 0.15) is 56.4 Å². The van der Waals surface area contributed by atoms with Crippen molar-refractivity contribution in [3.8, 4) is 0 Å². The summed E-state index contributed by atoms with van der Waals surface area (Å²) < 4.78 is 22.4. The van der Waals surface area contributed by atoms with Gasteiger partial charge in [-0.05, 0) is 63.4 Å². The third-order valence-electron chi connectivity index (χ3n) is 5.54. The van der Waals surface area contributed by atoms with Crippen molar-refractivity contribution in [1.29, 1.82) is 0 Å². The summed E-state index contributed by atoms with van der Waals surface area (Å²) >= 11 is 1.23. The van der Waals surface area contributed by atoms with Crippen LogP contribution in [-0.4, -0.2) is 28.6 Å². The number of thiophene rings is 1. The van der Waals surface area contributed by atoms with Crippen LogP contribution in [0.25, 0.3) is 0 Å². The summed E-state index contributed by atoms with van der Waals surface area (Å²) in [6, 6.07) is 4.61. The second kappa shape index (κ2) is 8.98. The van der Waals surface area contributed by atoms with E-state index in [0.29, 0.717) is 14.8 Å². The molecule has 2 rings (SSSR count). The number of anilines is 1. The number of carbonyl (C=O) groups excluding carboxylic acids is 1. The van der Waals surface area contributed by atoms with Crippen molar-refractivity contribution in [3.63, 3.8) is 0 Å². The molecule has 3 N–H and O–H groups in total. The monoisotopic (exact) mass is 496 g/mol. The molecule has 178 valence electrons. The van der Waals surface area contributed by atoms with Gasteiger partial charge in [-0.15, -0.1) is 15.7 Å². The second-order valence-corrected chi connectivity index (χ2v) is 18.8. The van der Waals surface area contributed by atoms with Crippen LogP contribution in [0.4, 0.5) is 10.5 Å². The van der Waals surface area contributed by atoms with Crippen LogP contribution in [0.3, 0.4) is 0 Å².